The van der Waals surface area contributed by atoms with Gasteiger partial charge in [0.2, 0.25) is 11.8 Å². The Morgan fingerprint density at radius 2 is 2.00 bits per heavy atom. The number of amides is 2. The van der Waals surface area contributed by atoms with Crippen molar-refractivity contribution in [3.63, 3.8) is 0 Å². The third-order valence-corrected chi connectivity index (χ3v) is 4.95. The Labute approximate surface area is 131 Å². The second kappa shape index (κ2) is 6.51. The number of anilines is 1. The van der Waals surface area contributed by atoms with Crippen molar-refractivity contribution in [1.82, 2.24) is 4.90 Å². The molecule has 1 atom stereocenters. The number of nitrogens with zero attached hydrogens (tertiary/aromatic N) is 1. The first-order chi connectivity index (χ1) is 10.7. The van der Waals surface area contributed by atoms with Crippen LogP contribution in [-0.4, -0.2) is 29.3 Å². The summed E-state index contributed by atoms with van der Waals surface area (Å²) in [5.74, 6) is -0.0800. The number of rotatable bonds is 4. The van der Waals surface area contributed by atoms with Crippen molar-refractivity contribution >= 4 is 17.5 Å². The molecule has 0 bridgehead atoms. The molecular formula is C18H24N2O2. The first-order valence-corrected chi connectivity index (χ1v) is 8.37. The lowest BCUT2D eigenvalue weighted by Crippen LogP contribution is -2.35. The molecule has 22 heavy (non-hydrogen) atoms. The van der Waals surface area contributed by atoms with Gasteiger partial charge in [0.05, 0.1) is 5.92 Å². The highest BCUT2D eigenvalue weighted by Crippen LogP contribution is 2.30. The molecule has 1 aliphatic carbocycles. The predicted octanol–water partition coefficient (Wildman–Crippen LogP) is 2.98. The van der Waals surface area contributed by atoms with Gasteiger partial charge in [-0.05, 0) is 30.9 Å². The van der Waals surface area contributed by atoms with E-state index in [0.29, 0.717) is 19.0 Å². The Kier molecular flexibility index (Phi) is 4.46. The van der Waals surface area contributed by atoms with Crippen molar-refractivity contribution < 1.29 is 9.59 Å². The summed E-state index contributed by atoms with van der Waals surface area (Å²) in [4.78, 5) is 26.6. The van der Waals surface area contributed by atoms with Crippen LogP contribution in [0, 0.1) is 5.92 Å². The third kappa shape index (κ3) is 3.01. The maximum atomic E-state index is 12.5. The molecule has 0 aromatic heterocycles. The topological polar surface area (TPSA) is 49.4 Å². The van der Waals surface area contributed by atoms with E-state index in [2.05, 4.69) is 12.2 Å². The van der Waals surface area contributed by atoms with Crippen LogP contribution in [0.3, 0.4) is 0 Å². The average Bonchev–Trinajstić information content (AvgIpc) is 3.16. The van der Waals surface area contributed by atoms with E-state index >= 15 is 0 Å². The van der Waals surface area contributed by atoms with E-state index in [1.165, 1.54) is 12.8 Å². The quantitative estimate of drug-likeness (QED) is 0.929. The number of benzene rings is 1. The number of nitrogens with one attached hydrogen (secondary N) is 1. The molecule has 1 aliphatic heterocycles. The fourth-order valence-corrected chi connectivity index (χ4v) is 3.66. The fraction of sp³-hybridized carbons (Fsp3) is 0.556. The second-order valence-corrected chi connectivity index (χ2v) is 6.39. The monoisotopic (exact) mass is 300 g/mol. The molecule has 0 radical (unpaired) electrons. The van der Waals surface area contributed by atoms with Gasteiger partial charge >= 0.3 is 0 Å². The van der Waals surface area contributed by atoms with E-state index in [0.717, 1.165) is 30.5 Å². The summed E-state index contributed by atoms with van der Waals surface area (Å²) in [5.41, 5.74) is 2.01. The molecule has 2 amide bonds. The SMILES string of the molecule is CCc1ccccc1NC(=O)[C@H]1CC(=O)N(C2CCCC2)C1. The Morgan fingerprint density at radius 1 is 1.27 bits per heavy atom. The van der Waals surface area contributed by atoms with E-state index in [4.69, 9.17) is 0 Å². The molecule has 4 nitrogen and oxygen atoms in total. The van der Waals surface area contributed by atoms with Crippen LogP contribution < -0.4 is 5.32 Å². The Morgan fingerprint density at radius 3 is 2.73 bits per heavy atom. The minimum Gasteiger partial charge on any atom is -0.339 e. The summed E-state index contributed by atoms with van der Waals surface area (Å²) in [6, 6.07) is 8.24. The van der Waals surface area contributed by atoms with Gasteiger partial charge in [-0.1, -0.05) is 38.0 Å². The summed E-state index contributed by atoms with van der Waals surface area (Å²) in [6.07, 6.45) is 5.84. The molecule has 3 rings (SSSR count). The molecule has 1 aromatic rings. The fourth-order valence-electron chi connectivity index (χ4n) is 3.66. The lowest BCUT2D eigenvalue weighted by molar-refractivity contribution is -0.129. The van der Waals surface area contributed by atoms with Crippen molar-refractivity contribution in [2.75, 3.05) is 11.9 Å². The largest absolute Gasteiger partial charge is 0.339 e. The maximum absolute atomic E-state index is 12.5. The minimum atomic E-state index is -0.210. The van der Waals surface area contributed by atoms with E-state index < -0.39 is 0 Å². The van der Waals surface area contributed by atoms with Gasteiger partial charge in [-0.15, -0.1) is 0 Å². The van der Waals surface area contributed by atoms with Crippen molar-refractivity contribution in [3.8, 4) is 0 Å². The normalized spacial score (nSPS) is 22.3. The van der Waals surface area contributed by atoms with Crippen LogP contribution in [-0.2, 0) is 16.0 Å². The summed E-state index contributed by atoms with van der Waals surface area (Å²) < 4.78 is 0. The van der Waals surface area contributed by atoms with E-state index in [-0.39, 0.29) is 17.7 Å². The van der Waals surface area contributed by atoms with Crippen LogP contribution in [0.15, 0.2) is 24.3 Å². The van der Waals surface area contributed by atoms with E-state index in [9.17, 15) is 9.59 Å². The van der Waals surface area contributed by atoms with Crippen LogP contribution >= 0.6 is 0 Å². The summed E-state index contributed by atoms with van der Waals surface area (Å²) >= 11 is 0. The zero-order valence-electron chi connectivity index (χ0n) is 13.2. The first-order valence-electron chi connectivity index (χ1n) is 8.37. The van der Waals surface area contributed by atoms with Gasteiger partial charge in [-0.25, -0.2) is 0 Å². The smallest absolute Gasteiger partial charge is 0.229 e. The van der Waals surface area contributed by atoms with E-state index in [1.807, 2.05) is 29.2 Å². The molecule has 2 aliphatic rings. The van der Waals surface area contributed by atoms with Crippen molar-refractivity contribution in [3.05, 3.63) is 29.8 Å². The molecule has 118 valence electrons. The van der Waals surface area contributed by atoms with Gasteiger partial charge < -0.3 is 10.2 Å². The van der Waals surface area contributed by atoms with Crippen LogP contribution in [0.1, 0.15) is 44.6 Å². The van der Waals surface area contributed by atoms with Gasteiger partial charge in [0, 0.05) is 24.7 Å². The zero-order chi connectivity index (χ0) is 15.5. The average molecular weight is 300 g/mol. The van der Waals surface area contributed by atoms with Crippen LogP contribution in [0.4, 0.5) is 5.69 Å². The molecule has 1 saturated carbocycles. The number of aryl methyl sites for hydroxylation is 1. The van der Waals surface area contributed by atoms with Crippen LogP contribution in [0.5, 0.6) is 0 Å². The summed E-state index contributed by atoms with van der Waals surface area (Å²) in [5, 5.41) is 3.02. The van der Waals surface area contributed by atoms with Crippen molar-refractivity contribution in [2.45, 2.75) is 51.5 Å². The van der Waals surface area contributed by atoms with Gasteiger partial charge in [0.15, 0.2) is 0 Å². The zero-order valence-corrected chi connectivity index (χ0v) is 13.2. The molecule has 0 spiro atoms. The standard InChI is InChI=1S/C18H24N2O2/c1-2-13-7-3-6-10-16(13)19-18(22)14-11-17(21)20(12-14)15-8-4-5-9-15/h3,6-7,10,14-15H,2,4-5,8-9,11-12H2,1H3,(H,19,22)/t14-/m0/s1. The molecule has 1 saturated heterocycles. The molecular weight excluding hydrogens is 276 g/mol. The Balaban J connectivity index is 1.64. The molecule has 1 N–H and O–H groups in total. The Bertz CT molecular complexity index is 564. The van der Waals surface area contributed by atoms with Gasteiger partial charge in [0.25, 0.3) is 0 Å². The highest BCUT2D eigenvalue weighted by Gasteiger charge is 2.38. The number of likely N-dealkylation sites (tertiary alicyclic amines) is 1. The number of carbonyl (C=O) groups is 2. The Hall–Kier alpha value is -1.84. The minimum absolute atomic E-state index is 0.0188. The summed E-state index contributed by atoms with van der Waals surface area (Å²) in [6.45, 7) is 2.66. The van der Waals surface area contributed by atoms with Gasteiger partial charge in [-0.2, -0.15) is 0 Å². The predicted molar refractivity (Wildman–Crippen MR) is 86.5 cm³/mol. The molecule has 1 heterocycles. The first kappa shape index (κ1) is 15.1. The molecule has 0 unspecified atom stereocenters. The maximum Gasteiger partial charge on any atom is 0.229 e. The second-order valence-electron chi connectivity index (χ2n) is 6.39. The lowest BCUT2D eigenvalue weighted by atomic mass is 10.1. The number of para-hydroxylation sites is 1. The van der Waals surface area contributed by atoms with Crippen molar-refractivity contribution in [2.24, 2.45) is 5.92 Å². The molecule has 4 heteroatoms. The number of carbonyl (C=O) groups excluding carboxylic acids is 2. The third-order valence-electron chi connectivity index (χ3n) is 4.95. The van der Waals surface area contributed by atoms with Crippen LogP contribution in [0.25, 0.3) is 0 Å². The highest BCUT2D eigenvalue weighted by atomic mass is 16.2. The number of hydrogen-bond donors (Lipinski definition) is 1. The summed E-state index contributed by atoms with van der Waals surface area (Å²) in [7, 11) is 0. The highest BCUT2D eigenvalue weighted by molar-refractivity contribution is 5.97. The van der Waals surface area contributed by atoms with Crippen LogP contribution in [0.2, 0.25) is 0 Å². The molecule has 1 aromatic carbocycles. The van der Waals surface area contributed by atoms with Gasteiger partial charge in [0.1, 0.15) is 0 Å². The van der Waals surface area contributed by atoms with Crippen molar-refractivity contribution in [1.29, 1.82) is 0 Å². The molecule has 2 fully saturated rings. The number of hydrogen-bond acceptors (Lipinski definition) is 2. The van der Waals surface area contributed by atoms with Gasteiger partial charge in [-0.3, -0.25) is 9.59 Å². The van der Waals surface area contributed by atoms with E-state index in [1.54, 1.807) is 0 Å². The lowest BCUT2D eigenvalue weighted by Gasteiger charge is -2.24.